The number of methoxy groups -OCH3 is 2. The van der Waals surface area contributed by atoms with E-state index >= 15 is 0 Å². The van der Waals surface area contributed by atoms with Gasteiger partial charge in [0.05, 0.1) is 36.6 Å². The van der Waals surface area contributed by atoms with E-state index in [0.29, 0.717) is 49.8 Å². The zero-order chi connectivity index (χ0) is 31.8. The third kappa shape index (κ3) is 5.31. The Morgan fingerprint density at radius 2 is 1.87 bits per heavy atom. The fraction of sp³-hybridized carbons (Fsp3) is 0.324. The number of nitrogens with zero attached hydrogens (tertiary/aromatic N) is 3. The summed E-state index contributed by atoms with van der Waals surface area (Å²) in [6, 6.07) is 12.4. The molecule has 2 aromatic carbocycles. The molecule has 234 valence electrons. The Balaban J connectivity index is 1.55. The summed E-state index contributed by atoms with van der Waals surface area (Å²) >= 11 is 1.30. The second-order valence-electron chi connectivity index (χ2n) is 10.7. The molecule has 45 heavy (non-hydrogen) atoms. The van der Waals surface area contributed by atoms with Crippen LogP contribution in [-0.4, -0.2) is 42.7 Å². The smallest absolute Gasteiger partial charge is 0.338 e. The molecule has 2 aliphatic rings. The molecule has 0 fully saturated rings. The summed E-state index contributed by atoms with van der Waals surface area (Å²) in [4.78, 5) is 33.3. The van der Waals surface area contributed by atoms with Gasteiger partial charge in [0.1, 0.15) is 17.5 Å². The summed E-state index contributed by atoms with van der Waals surface area (Å²) in [6.45, 7) is 8.21. The van der Waals surface area contributed by atoms with Crippen molar-refractivity contribution in [2.45, 2.75) is 46.6 Å². The van der Waals surface area contributed by atoms with Gasteiger partial charge in [0, 0.05) is 28.7 Å². The van der Waals surface area contributed by atoms with Gasteiger partial charge in [-0.1, -0.05) is 24.7 Å². The van der Waals surface area contributed by atoms with Crippen molar-refractivity contribution in [3.63, 3.8) is 0 Å². The number of carbonyl (C=O) groups excluding carboxylic acids is 1. The first-order chi connectivity index (χ1) is 21.8. The minimum atomic E-state index is -0.824. The fourth-order valence-corrected chi connectivity index (χ4v) is 6.98. The molecule has 0 saturated carbocycles. The van der Waals surface area contributed by atoms with Crippen molar-refractivity contribution in [1.29, 1.82) is 0 Å². The van der Waals surface area contributed by atoms with Crippen molar-refractivity contribution in [1.82, 2.24) is 9.13 Å². The Bertz CT molecular complexity index is 2020. The highest BCUT2D eigenvalue weighted by molar-refractivity contribution is 7.07. The number of aromatic nitrogens is 2. The van der Waals surface area contributed by atoms with E-state index in [1.807, 2.05) is 51.1 Å². The molecule has 10 nitrogen and oxygen atoms in total. The van der Waals surface area contributed by atoms with Crippen LogP contribution < -0.4 is 33.8 Å². The lowest BCUT2D eigenvalue weighted by Crippen LogP contribution is -2.40. The summed E-state index contributed by atoms with van der Waals surface area (Å²) in [5.41, 5.74) is 5.05. The Kier molecular flexibility index (Phi) is 8.28. The lowest BCUT2D eigenvalue weighted by molar-refractivity contribution is -0.139. The van der Waals surface area contributed by atoms with Crippen molar-refractivity contribution in [2.75, 3.05) is 27.6 Å². The summed E-state index contributed by atoms with van der Waals surface area (Å²) in [5, 5.41) is 0. The number of aryl methyl sites for hydroxylation is 1. The maximum absolute atomic E-state index is 14.3. The quantitative estimate of drug-likeness (QED) is 0.247. The summed E-state index contributed by atoms with van der Waals surface area (Å²) in [7, 11) is 3.13. The zero-order valence-electron chi connectivity index (χ0n) is 26.1. The van der Waals surface area contributed by atoms with E-state index in [1.165, 1.54) is 11.3 Å². The molecule has 0 aliphatic carbocycles. The third-order valence-electron chi connectivity index (χ3n) is 7.99. The van der Waals surface area contributed by atoms with Gasteiger partial charge in [-0.15, -0.1) is 0 Å². The molecule has 2 aliphatic heterocycles. The van der Waals surface area contributed by atoms with Crippen molar-refractivity contribution in [3.8, 4) is 28.7 Å². The van der Waals surface area contributed by atoms with Crippen molar-refractivity contribution < 1.29 is 28.5 Å². The molecule has 1 unspecified atom stereocenters. The van der Waals surface area contributed by atoms with Gasteiger partial charge in [0.2, 0.25) is 6.79 Å². The number of carbonyl (C=O) groups is 1. The van der Waals surface area contributed by atoms with Gasteiger partial charge in [-0.05, 0) is 75.2 Å². The highest BCUT2D eigenvalue weighted by atomic mass is 32.1. The van der Waals surface area contributed by atoms with E-state index < -0.39 is 12.0 Å². The molecule has 0 N–H and O–H groups in total. The van der Waals surface area contributed by atoms with Crippen LogP contribution in [0.15, 0.2) is 63.5 Å². The number of hydrogen-bond donors (Lipinski definition) is 0. The molecule has 0 amide bonds. The first-order valence-electron chi connectivity index (χ1n) is 14.8. The summed E-state index contributed by atoms with van der Waals surface area (Å²) in [6.07, 6.45) is 3.19. The van der Waals surface area contributed by atoms with E-state index in [4.69, 9.17) is 28.7 Å². The lowest BCUT2D eigenvalue weighted by atomic mass is 9.93. The van der Waals surface area contributed by atoms with Crippen LogP contribution >= 0.6 is 11.3 Å². The standard InChI is InChI=1S/C34H35N3O7S/c1-7-9-25-30(33(39)42-8-2)31(24-17-23(40-5)11-13-26(24)41-6)37-32(38)29(45-34(37)35-25)15-21-14-19(3)36(20(21)4)22-10-12-27-28(16-22)44-18-43-27/h10-17,31H,7-9,18H2,1-6H3/b29-15-. The first kappa shape index (κ1) is 30.3. The number of esters is 1. The number of hydrogen-bond acceptors (Lipinski definition) is 9. The predicted molar refractivity (Wildman–Crippen MR) is 171 cm³/mol. The second-order valence-corrected chi connectivity index (χ2v) is 11.7. The van der Waals surface area contributed by atoms with Crippen molar-refractivity contribution in [3.05, 3.63) is 95.9 Å². The fourth-order valence-electron chi connectivity index (χ4n) is 5.96. The Hall–Kier alpha value is -4.77. The Morgan fingerprint density at radius 1 is 1.07 bits per heavy atom. The van der Waals surface area contributed by atoms with E-state index in [0.717, 1.165) is 34.8 Å². The van der Waals surface area contributed by atoms with Crippen LogP contribution in [0.3, 0.4) is 0 Å². The van der Waals surface area contributed by atoms with Gasteiger partial charge in [0.15, 0.2) is 16.3 Å². The minimum absolute atomic E-state index is 0.188. The van der Waals surface area contributed by atoms with Crippen LogP contribution in [0.2, 0.25) is 0 Å². The summed E-state index contributed by atoms with van der Waals surface area (Å²) < 4.78 is 32.1. The molecule has 0 saturated heterocycles. The first-order valence-corrected chi connectivity index (χ1v) is 15.6. The molecule has 11 heteroatoms. The average Bonchev–Trinajstić information content (AvgIpc) is 3.71. The van der Waals surface area contributed by atoms with Crippen LogP contribution in [0, 0.1) is 13.8 Å². The van der Waals surface area contributed by atoms with Crippen LogP contribution in [0.5, 0.6) is 23.0 Å². The average molecular weight is 630 g/mol. The van der Waals surface area contributed by atoms with Crippen molar-refractivity contribution in [2.24, 2.45) is 4.99 Å². The number of ether oxygens (including phenoxy) is 5. The zero-order valence-corrected chi connectivity index (χ0v) is 26.9. The molecule has 2 aromatic heterocycles. The Morgan fingerprint density at radius 3 is 2.60 bits per heavy atom. The molecule has 1 atom stereocenters. The van der Waals surface area contributed by atoms with Gasteiger partial charge in [0.25, 0.3) is 5.56 Å². The molecule has 0 spiro atoms. The summed E-state index contributed by atoms with van der Waals surface area (Å²) in [5.74, 6) is 1.99. The monoisotopic (exact) mass is 629 g/mol. The van der Waals surface area contributed by atoms with Crippen LogP contribution in [0.25, 0.3) is 11.8 Å². The number of allylic oxidation sites excluding steroid dienone is 1. The van der Waals surface area contributed by atoms with Gasteiger partial charge in [-0.2, -0.15) is 0 Å². The highest BCUT2D eigenvalue weighted by Crippen LogP contribution is 2.39. The molecular formula is C34H35N3O7S. The molecule has 6 rings (SSSR count). The Labute approximate surface area is 264 Å². The van der Waals surface area contributed by atoms with Gasteiger partial charge in [-0.25, -0.2) is 9.79 Å². The van der Waals surface area contributed by atoms with Crippen LogP contribution in [0.1, 0.15) is 55.2 Å². The maximum Gasteiger partial charge on any atom is 0.338 e. The molecule has 0 bridgehead atoms. The minimum Gasteiger partial charge on any atom is -0.497 e. The van der Waals surface area contributed by atoms with E-state index in [-0.39, 0.29) is 19.0 Å². The molecule has 4 aromatic rings. The van der Waals surface area contributed by atoms with E-state index in [9.17, 15) is 9.59 Å². The number of rotatable bonds is 9. The molecule has 0 radical (unpaired) electrons. The second kappa shape index (κ2) is 12.3. The third-order valence-corrected chi connectivity index (χ3v) is 8.98. The largest absolute Gasteiger partial charge is 0.497 e. The number of fused-ring (bicyclic) bond motifs is 2. The SMILES string of the molecule is CCCC1=C(C(=O)OCC)C(c2cc(OC)ccc2OC)n2c(s/c(=C\c3cc(C)n(-c4ccc5c(c4)OCO5)c3C)c2=O)=N1. The van der Waals surface area contributed by atoms with Crippen LogP contribution in [-0.2, 0) is 9.53 Å². The topological polar surface area (TPSA) is 103 Å². The molecule has 4 heterocycles. The number of benzene rings is 2. The van der Waals surface area contributed by atoms with E-state index in [2.05, 4.69) is 4.57 Å². The van der Waals surface area contributed by atoms with Crippen LogP contribution in [0.4, 0.5) is 0 Å². The normalized spacial score (nSPS) is 15.6. The van der Waals surface area contributed by atoms with Gasteiger partial charge >= 0.3 is 5.97 Å². The van der Waals surface area contributed by atoms with Gasteiger partial charge < -0.3 is 28.3 Å². The van der Waals surface area contributed by atoms with Crippen molar-refractivity contribution >= 4 is 23.4 Å². The number of thiazole rings is 1. The van der Waals surface area contributed by atoms with E-state index in [1.54, 1.807) is 43.9 Å². The van der Waals surface area contributed by atoms with Gasteiger partial charge in [-0.3, -0.25) is 9.36 Å². The highest BCUT2D eigenvalue weighted by Gasteiger charge is 2.36. The predicted octanol–water partition coefficient (Wildman–Crippen LogP) is 4.73. The lowest BCUT2D eigenvalue weighted by Gasteiger charge is -2.27. The molecular weight excluding hydrogens is 594 g/mol. The maximum atomic E-state index is 14.3.